The highest BCUT2D eigenvalue weighted by Crippen LogP contribution is 2.48. The van der Waals surface area contributed by atoms with Crippen molar-refractivity contribution >= 4 is 5.97 Å². The number of carbonyl (C=O) groups is 1. The second kappa shape index (κ2) is 5.93. The molecule has 0 unspecified atom stereocenters. The number of nitrogens with zero attached hydrogens (tertiary/aromatic N) is 1. The largest absolute Gasteiger partial charge is 0.478 e. The van der Waals surface area contributed by atoms with Gasteiger partial charge in [-0.1, -0.05) is 42.5 Å². The molecule has 0 aromatic heterocycles. The van der Waals surface area contributed by atoms with Gasteiger partial charge in [0.25, 0.3) is 0 Å². The van der Waals surface area contributed by atoms with Crippen molar-refractivity contribution in [3.63, 3.8) is 0 Å². The molecule has 1 aliphatic rings. The van der Waals surface area contributed by atoms with E-state index in [0.29, 0.717) is 11.0 Å². The zero-order chi connectivity index (χ0) is 15.6. The van der Waals surface area contributed by atoms with Crippen LogP contribution in [0.1, 0.15) is 34.3 Å². The van der Waals surface area contributed by atoms with Crippen molar-refractivity contribution in [3.05, 3.63) is 71.3 Å². The summed E-state index contributed by atoms with van der Waals surface area (Å²) in [5.74, 6) is -0.874. The highest BCUT2D eigenvalue weighted by atomic mass is 16.4. The standard InChI is InChI=1S/C19H21NO2/c1-20(13-15-7-9-16(10-8-15)18(21)22)14-19(11-12-19)17-5-3-2-4-6-17/h2-10H,11-14H2,1H3,(H,21,22). The Labute approximate surface area is 131 Å². The number of benzene rings is 2. The van der Waals surface area contributed by atoms with Crippen LogP contribution in [0.15, 0.2) is 54.6 Å². The smallest absolute Gasteiger partial charge is 0.335 e. The molecule has 0 saturated heterocycles. The fourth-order valence-corrected chi connectivity index (χ4v) is 3.12. The molecule has 1 fully saturated rings. The Balaban J connectivity index is 1.63. The maximum absolute atomic E-state index is 10.9. The molecule has 114 valence electrons. The maximum atomic E-state index is 10.9. The van der Waals surface area contributed by atoms with Gasteiger partial charge in [0.15, 0.2) is 0 Å². The molecule has 3 rings (SSSR count). The molecule has 0 heterocycles. The van der Waals surface area contributed by atoms with E-state index in [2.05, 4.69) is 42.3 Å². The summed E-state index contributed by atoms with van der Waals surface area (Å²) in [4.78, 5) is 13.2. The fourth-order valence-electron chi connectivity index (χ4n) is 3.12. The molecule has 22 heavy (non-hydrogen) atoms. The number of carboxylic acids is 1. The summed E-state index contributed by atoms with van der Waals surface area (Å²) >= 11 is 0. The molecule has 1 saturated carbocycles. The second-order valence-corrected chi connectivity index (χ2v) is 6.32. The Morgan fingerprint density at radius 1 is 1.09 bits per heavy atom. The number of hydrogen-bond acceptors (Lipinski definition) is 2. The number of carboxylic acid groups (broad SMARTS) is 1. The lowest BCUT2D eigenvalue weighted by atomic mass is 9.95. The minimum atomic E-state index is -0.874. The SMILES string of the molecule is CN(Cc1ccc(C(=O)O)cc1)CC1(c2ccccc2)CC1. The molecular formula is C19H21NO2. The second-order valence-electron chi connectivity index (χ2n) is 6.32. The molecule has 1 aliphatic carbocycles. The average Bonchev–Trinajstić information content (AvgIpc) is 3.29. The van der Waals surface area contributed by atoms with E-state index in [1.807, 2.05) is 12.1 Å². The third-order valence-electron chi connectivity index (χ3n) is 4.47. The zero-order valence-corrected chi connectivity index (χ0v) is 12.8. The van der Waals surface area contributed by atoms with Crippen LogP contribution in [0.5, 0.6) is 0 Å². The van der Waals surface area contributed by atoms with Crippen LogP contribution in [0.4, 0.5) is 0 Å². The average molecular weight is 295 g/mol. The monoisotopic (exact) mass is 295 g/mol. The minimum absolute atomic E-state index is 0.316. The molecule has 0 atom stereocenters. The normalized spacial score (nSPS) is 15.7. The van der Waals surface area contributed by atoms with Gasteiger partial charge in [0, 0.05) is 18.5 Å². The summed E-state index contributed by atoms with van der Waals surface area (Å²) in [6, 6.07) is 17.9. The Morgan fingerprint density at radius 2 is 1.73 bits per heavy atom. The van der Waals surface area contributed by atoms with Crippen molar-refractivity contribution in [2.24, 2.45) is 0 Å². The molecular weight excluding hydrogens is 274 g/mol. The van der Waals surface area contributed by atoms with Crippen LogP contribution in [0.2, 0.25) is 0 Å². The predicted octanol–water partition coefficient (Wildman–Crippen LogP) is 3.55. The summed E-state index contributed by atoms with van der Waals surface area (Å²) in [6.45, 7) is 1.88. The van der Waals surface area contributed by atoms with Crippen molar-refractivity contribution in [1.82, 2.24) is 4.90 Å². The van der Waals surface area contributed by atoms with Crippen molar-refractivity contribution in [2.45, 2.75) is 24.8 Å². The molecule has 0 bridgehead atoms. The molecule has 3 nitrogen and oxygen atoms in total. The molecule has 2 aromatic carbocycles. The topological polar surface area (TPSA) is 40.5 Å². The van der Waals surface area contributed by atoms with Gasteiger partial charge in [-0.25, -0.2) is 4.79 Å². The summed E-state index contributed by atoms with van der Waals surface area (Å²) in [5.41, 5.74) is 3.24. The number of hydrogen-bond donors (Lipinski definition) is 1. The highest BCUT2D eigenvalue weighted by molar-refractivity contribution is 5.87. The number of likely N-dealkylation sites (N-methyl/N-ethyl adjacent to an activating group) is 1. The minimum Gasteiger partial charge on any atom is -0.478 e. The molecule has 0 amide bonds. The van der Waals surface area contributed by atoms with Gasteiger partial charge in [0.05, 0.1) is 5.56 Å². The van der Waals surface area contributed by atoms with Crippen molar-refractivity contribution < 1.29 is 9.90 Å². The summed E-state index contributed by atoms with van der Waals surface area (Å²) in [5, 5.41) is 8.93. The van der Waals surface area contributed by atoms with E-state index in [4.69, 9.17) is 5.11 Å². The van der Waals surface area contributed by atoms with Gasteiger partial charge in [0.1, 0.15) is 0 Å². The van der Waals surface area contributed by atoms with Gasteiger partial charge in [-0.05, 0) is 43.1 Å². The quantitative estimate of drug-likeness (QED) is 0.886. The fraction of sp³-hybridized carbons (Fsp3) is 0.316. The Hall–Kier alpha value is -2.13. The molecule has 0 radical (unpaired) electrons. The first-order valence-corrected chi connectivity index (χ1v) is 7.65. The van der Waals surface area contributed by atoms with Gasteiger partial charge in [-0.3, -0.25) is 0 Å². The highest BCUT2D eigenvalue weighted by Gasteiger charge is 2.44. The Bertz CT molecular complexity index is 645. The Kier molecular flexibility index (Phi) is 3.99. The number of rotatable bonds is 6. The van der Waals surface area contributed by atoms with Crippen LogP contribution in [-0.4, -0.2) is 29.6 Å². The predicted molar refractivity (Wildman–Crippen MR) is 87.1 cm³/mol. The molecule has 0 spiro atoms. The molecule has 2 aromatic rings. The van der Waals surface area contributed by atoms with Crippen LogP contribution in [0.3, 0.4) is 0 Å². The van der Waals surface area contributed by atoms with E-state index >= 15 is 0 Å². The lowest BCUT2D eigenvalue weighted by molar-refractivity contribution is 0.0697. The molecule has 0 aliphatic heterocycles. The first kappa shape index (κ1) is 14.8. The Morgan fingerprint density at radius 3 is 2.27 bits per heavy atom. The summed E-state index contributed by atoms with van der Waals surface area (Å²) < 4.78 is 0. The van der Waals surface area contributed by atoms with E-state index in [-0.39, 0.29) is 0 Å². The maximum Gasteiger partial charge on any atom is 0.335 e. The molecule has 3 heteroatoms. The summed E-state index contributed by atoms with van der Waals surface area (Å²) in [6.07, 6.45) is 2.50. The van der Waals surface area contributed by atoms with Gasteiger partial charge >= 0.3 is 5.97 Å². The van der Waals surface area contributed by atoms with Crippen LogP contribution >= 0.6 is 0 Å². The van der Waals surface area contributed by atoms with Crippen molar-refractivity contribution in [2.75, 3.05) is 13.6 Å². The van der Waals surface area contributed by atoms with Crippen LogP contribution in [0, 0.1) is 0 Å². The van der Waals surface area contributed by atoms with Gasteiger partial charge in [-0.15, -0.1) is 0 Å². The van der Waals surface area contributed by atoms with Gasteiger partial charge < -0.3 is 10.0 Å². The van der Waals surface area contributed by atoms with Crippen LogP contribution < -0.4 is 0 Å². The molecule has 1 N–H and O–H groups in total. The third kappa shape index (κ3) is 3.20. The first-order chi connectivity index (χ1) is 10.6. The lowest BCUT2D eigenvalue weighted by Gasteiger charge is -2.24. The lowest BCUT2D eigenvalue weighted by Crippen LogP contribution is -2.28. The van der Waals surface area contributed by atoms with E-state index in [1.54, 1.807) is 12.1 Å². The van der Waals surface area contributed by atoms with Crippen LogP contribution in [-0.2, 0) is 12.0 Å². The summed E-state index contributed by atoms with van der Waals surface area (Å²) in [7, 11) is 2.13. The van der Waals surface area contributed by atoms with E-state index in [1.165, 1.54) is 18.4 Å². The van der Waals surface area contributed by atoms with E-state index in [9.17, 15) is 4.79 Å². The first-order valence-electron chi connectivity index (χ1n) is 7.65. The third-order valence-corrected chi connectivity index (χ3v) is 4.47. The van der Waals surface area contributed by atoms with Gasteiger partial charge in [0.2, 0.25) is 0 Å². The van der Waals surface area contributed by atoms with Crippen molar-refractivity contribution in [3.8, 4) is 0 Å². The van der Waals surface area contributed by atoms with Crippen LogP contribution in [0.25, 0.3) is 0 Å². The van der Waals surface area contributed by atoms with Crippen molar-refractivity contribution in [1.29, 1.82) is 0 Å². The van der Waals surface area contributed by atoms with E-state index in [0.717, 1.165) is 18.7 Å². The van der Waals surface area contributed by atoms with E-state index < -0.39 is 5.97 Å². The van der Waals surface area contributed by atoms with Gasteiger partial charge in [-0.2, -0.15) is 0 Å². The number of aromatic carboxylic acids is 1. The zero-order valence-electron chi connectivity index (χ0n) is 12.8.